The van der Waals surface area contributed by atoms with Crippen molar-refractivity contribution >= 4 is 34.5 Å². The van der Waals surface area contributed by atoms with E-state index in [9.17, 15) is 14.7 Å². The first-order chi connectivity index (χ1) is 14.5. The summed E-state index contributed by atoms with van der Waals surface area (Å²) in [5.41, 5.74) is 10.9. The number of pyridine rings is 1. The molecule has 0 saturated heterocycles. The summed E-state index contributed by atoms with van der Waals surface area (Å²) in [5, 5.41) is 10.4. The minimum Gasteiger partial charge on any atom is -0.508 e. The second kappa shape index (κ2) is 7.92. The third kappa shape index (κ3) is 3.77. The molecule has 0 saturated carbocycles. The second-order valence-electron chi connectivity index (χ2n) is 6.61. The van der Waals surface area contributed by atoms with Gasteiger partial charge in [0, 0.05) is 34.5 Å². The molecule has 7 nitrogen and oxygen atoms in total. The lowest BCUT2D eigenvalue weighted by Crippen LogP contribution is -2.22. The fourth-order valence-electron chi connectivity index (χ4n) is 3.18. The van der Waals surface area contributed by atoms with Gasteiger partial charge in [0.05, 0.1) is 0 Å². The van der Waals surface area contributed by atoms with Crippen LogP contribution in [0.1, 0.15) is 21.5 Å². The number of phenolic OH excluding ortho intramolecular Hbond substituents is 1. The van der Waals surface area contributed by atoms with Crippen molar-refractivity contribution in [3.63, 3.8) is 0 Å². The zero-order valence-electron chi connectivity index (χ0n) is 15.8. The number of fused-ring (bicyclic) bond motifs is 1. The summed E-state index contributed by atoms with van der Waals surface area (Å²) in [7, 11) is 0. The summed E-state index contributed by atoms with van der Waals surface area (Å²) in [5.74, 6) is -0.979. The van der Waals surface area contributed by atoms with E-state index in [-0.39, 0.29) is 5.75 Å². The number of benzene rings is 2. The minimum atomic E-state index is -0.560. The summed E-state index contributed by atoms with van der Waals surface area (Å²) in [6.45, 7) is 0. The molecule has 0 atom stereocenters. The number of carbonyl (C=O) groups excluding carboxylic acids is 2. The van der Waals surface area contributed by atoms with Gasteiger partial charge in [-0.05, 0) is 42.0 Å². The first-order valence-corrected chi connectivity index (χ1v) is 9.16. The van der Waals surface area contributed by atoms with Crippen molar-refractivity contribution in [3.8, 4) is 5.75 Å². The number of primary amides is 1. The average molecular weight is 398 g/mol. The Bertz CT molecular complexity index is 1280. The highest BCUT2D eigenvalue weighted by Crippen LogP contribution is 2.25. The summed E-state index contributed by atoms with van der Waals surface area (Å²) in [6.07, 6.45) is 4.96. The van der Waals surface area contributed by atoms with E-state index < -0.39 is 11.8 Å². The normalized spacial score (nSPS) is 11.4. The first kappa shape index (κ1) is 18.9. The Balaban J connectivity index is 1.77. The van der Waals surface area contributed by atoms with E-state index >= 15 is 0 Å². The highest BCUT2D eigenvalue weighted by molar-refractivity contribution is 6.24. The van der Waals surface area contributed by atoms with Crippen LogP contribution in [0.15, 0.2) is 79.1 Å². The number of aromatic nitrogens is 2. The lowest BCUT2D eigenvalue weighted by Gasteiger charge is -2.07. The number of nitrogens with zero attached hydrogens (tertiary/aromatic N) is 2. The van der Waals surface area contributed by atoms with Crippen LogP contribution in [0, 0.1) is 0 Å². The van der Waals surface area contributed by atoms with Gasteiger partial charge in [0.15, 0.2) is 5.65 Å². The molecular formula is C23H18N4O3. The predicted octanol–water partition coefficient (Wildman–Crippen LogP) is 3.15. The Morgan fingerprint density at radius 3 is 2.50 bits per heavy atom. The number of hydrogen-bond donors (Lipinski definition) is 3. The zero-order chi connectivity index (χ0) is 21.1. The van der Waals surface area contributed by atoms with Crippen LogP contribution in [0.5, 0.6) is 5.75 Å². The molecule has 0 fully saturated rings. The Morgan fingerprint density at radius 1 is 1.00 bits per heavy atom. The molecular weight excluding hydrogens is 380 g/mol. The number of hydrogen-bond acceptors (Lipinski definition) is 4. The molecule has 4 rings (SSSR count). The van der Waals surface area contributed by atoms with E-state index in [0.717, 1.165) is 5.39 Å². The van der Waals surface area contributed by atoms with Crippen molar-refractivity contribution in [1.29, 1.82) is 0 Å². The molecule has 0 aliphatic rings. The molecule has 0 radical (unpaired) electrons. The van der Waals surface area contributed by atoms with Crippen molar-refractivity contribution in [3.05, 3.63) is 95.8 Å². The monoisotopic (exact) mass is 398 g/mol. The highest BCUT2D eigenvalue weighted by Gasteiger charge is 2.15. The summed E-state index contributed by atoms with van der Waals surface area (Å²) >= 11 is 0. The van der Waals surface area contributed by atoms with E-state index in [1.165, 1.54) is 16.8 Å². The SMILES string of the molecule is NC(=O)C(=Cc1cn(NC(=O)c2cccc(O)c2)c2ncccc12)c1ccccc1. The number of nitrogens with two attached hydrogens (primary N) is 1. The highest BCUT2D eigenvalue weighted by atomic mass is 16.3. The van der Waals surface area contributed by atoms with Gasteiger partial charge in [-0.1, -0.05) is 36.4 Å². The summed E-state index contributed by atoms with van der Waals surface area (Å²) < 4.78 is 1.48. The van der Waals surface area contributed by atoms with Gasteiger partial charge < -0.3 is 10.8 Å². The molecule has 2 aromatic heterocycles. The fraction of sp³-hybridized carbons (Fsp3) is 0. The van der Waals surface area contributed by atoms with Gasteiger partial charge in [-0.25, -0.2) is 9.66 Å². The molecule has 2 amide bonds. The van der Waals surface area contributed by atoms with Gasteiger partial charge in [0.25, 0.3) is 5.91 Å². The van der Waals surface area contributed by atoms with Crippen LogP contribution < -0.4 is 11.2 Å². The molecule has 30 heavy (non-hydrogen) atoms. The minimum absolute atomic E-state index is 0.00396. The predicted molar refractivity (Wildman–Crippen MR) is 115 cm³/mol. The molecule has 4 N–H and O–H groups in total. The quantitative estimate of drug-likeness (QED) is 0.449. The van der Waals surface area contributed by atoms with Crippen molar-refractivity contribution in [2.75, 3.05) is 5.43 Å². The zero-order valence-corrected chi connectivity index (χ0v) is 15.8. The molecule has 0 aliphatic carbocycles. The maximum absolute atomic E-state index is 12.6. The van der Waals surface area contributed by atoms with Crippen LogP contribution in [0.2, 0.25) is 0 Å². The van der Waals surface area contributed by atoms with Gasteiger partial charge in [-0.15, -0.1) is 0 Å². The van der Waals surface area contributed by atoms with Crippen molar-refractivity contribution in [2.45, 2.75) is 0 Å². The molecule has 2 aromatic carbocycles. The molecule has 4 aromatic rings. The van der Waals surface area contributed by atoms with Crippen LogP contribution in [0.4, 0.5) is 0 Å². The third-order valence-electron chi connectivity index (χ3n) is 4.57. The number of aromatic hydroxyl groups is 1. The standard InChI is InChI=1S/C23H18N4O3/c24-21(29)20(15-6-2-1-3-7-15)13-17-14-27(22-19(17)10-5-11-25-22)26-23(30)16-8-4-9-18(28)12-16/h1-14,28H,(H2,24,29)(H,26,30). The number of phenols is 1. The molecule has 0 aliphatic heterocycles. The van der Waals surface area contributed by atoms with Gasteiger partial charge in [-0.3, -0.25) is 15.0 Å². The van der Waals surface area contributed by atoms with Gasteiger partial charge >= 0.3 is 0 Å². The molecule has 148 valence electrons. The summed E-state index contributed by atoms with van der Waals surface area (Å²) in [4.78, 5) is 29.0. The Hall–Kier alpha value is -4.39. The third-order valence-corrected chi connectivity index (χ3v) is 4.57. The number of rotatable bonds is 5. The van der Waals surface area contributed by atoms with E-state index in [1.807, 2.05) is 24.3 Å². The first-order valence-electron chi connectivity index (χ1n) is 9.16. The van der Waals surface area contributed by atoms with Crippen molar-refractivity contribution in [1.82, 2.24) is 9.66 Å². The average Bonchev–Trinajstić information content (AvgIpc) is 3.10. The smallest absolute Gasteiger partial charge is 0.270 e. The Labute approximate surface area is 172 Å². The van der Waals surface area contributed by atoms with Gasteiger partial charge in [0.1, 0.15) is 5.75 Å². The lowest BCUT2D eigenvalue weighted by atomic mass is 10.0. The maximum Gasteiger partial charge on any atom is 0.270 e. The van der Waals surface area contributed by atoms with Gasteiger partial charge in [0.2, 0.25) is 5.91 Å². The number of amides is 2. The van der Waals surface area contributed by atoms with Crippen LogP contribution in [0.25, 0.3) is 22.7 Å². The molecule has 7 heteroatoms. The maximum atomic E-state index is 12.6. The van der Waals surface area contributed by atoms with E-state index in [4.69, 9.17) is 5.73 Å². The van der Waals surface area contributed by atoms with Crippen molar-refractivity contribution in [2.24, 2.45) is 5.73 Å². The van der Waals surface area contributed by atoms with E-state index in [0.29, 0.717) is 27.9 Å². The van der Waals surface area contributed by atoms with Crippen molar-refractivity contribution < 1.29 is 14.7 Å². The number of carbonyl (C=O) groups is 2. The Kier molecular flexibility index (Phi) is 5.00. The molecule has 0 bridgehead atoms. The molecule has 0 unspecified atom stereocenters. The second-order valence-corrected chi connectivity index (χ2v) is 6.61. The van der Waals surface area contributed by atoms with Crippen LogP contribution in [0.3, 0.4) is 0 Å². The Morgan fingerprint density at radius 2 is 1.77 bits per heavy atom. The lowest BCUT2D eigenvalue weighted by molar-refractivity contribution is -0.112. The largest absolute Gasteiger partial charge is 0.508 e. The number of nitrogens with one attached hydrogen (secondary N) is 1. The molecule has 2 heterocycles. The van der Waals surface area contributed by atoms with Crippen LogP contribution in [-0.4, -0.2) is 26.6 Å². The topological polar surface area (TPSA) is 110 Å². The summed E-state index contributed by atoms with van der Waals surface area (Å²) in [6, 6.07) is 18.8. The molecule has 0 spiro atoms. The van der Waals surface area contributed by atoms with E-state index in [1.54, 1.807) is 48.8 Å². The van der Waals surface area contributed by atoms with E-state index in [2.05, 4.69) is 10.4 Å². The van der Waals surface area contributed by atoms with Gasteiger partial charge in [-0.2, -0.15) is 0 Å². The fourth-order valence-corrected chi connectivity index (χ4v) is 3.18. The van der Waals surface area contributed by atoms with Crippen LogP contribution >= 0.6 is 0 Å². The van der Waals surface area contributed by atoms with Crippen LogP contribution in [-0.2, 0) is 4.79 Å².